The normalized spacial score (nSPS) is 12.2. The van der Waals surface area contributed by atoms with Crippen LogP contribution in [-0.2, 0) is 28.6 Å². The highest BCUT2D eigenvalue weighted by Gasteiger charge is 2.19. The molecule has 0 aliphatic heterocycles. The average Bonchev–Trinajstić information content (AvgIpc) is 3.31. The van der Waals surface area contributed by atoms with Crippen molar-refractivity contribution in [1.82, 2.24) is 0 Å². The van der Waals surface area contributed by atoms with E-state index in [9.17, 15) is 14.4 Å². The number of allylic oxidation sites excluding steroid dienone is 6. The van der Waals surface area contributed by atoms with Crippen molar-refractivity contribution in [3.8, 4) is 0 Å². The van der Waals surface area contributed by atoms with Gasteiger partial charge in [-0.15, -0.1) is 0 Å². The molecule has 1 atom stereocenters. The van der Waals surface area contributed by atoms with Crippen LogP contribution in [-0.4, -0.2) is 37.2 Å². The van der Waals surface area contributed by atoms with Gasteiger partial charge in [0.2, 0.25) is 0 Å². The molecule has 0 aromatic carbocycles. The molecule has 0 rings (SSSR count). The molecule has 0 aliphatic carbocycles. The number of unbranched alkanes of at least 4 members (excludes halogenated alkanes) is 36. The standard InChI is InChI=1S/C60H110O6/c1-4-7-10-13-16-19-21-23-25-26-27-28-29-30-31-32-33-34-35-37-38-41-44-47-50-53-59(62)65-56-57(55-64-58(61)52-49-46-43-40-18-15-12-9-6-3)66-60(63)54-51-48-45-42-39-36-24-22-20-17-14-11-8-5-2/h21-24,26-27,57H,4-20,25,28-56H2,1-3H3/b23-21-,24-22-,27-26-. The van der Waals surface area contributed by atoms with E-state index in [2.05, 4.69) is 57.2 Å². The van der Waals surface area contributed by atoms with Crippen molar-refractivity contribution in [2.75, 3.05) is 13.2 Å². The summed E-state index contributed by atoms with van der Waals surface area (Å²) >= 11 is 0. The van der Waals surface area contributed by atoms with Crippen molar-refractivity contribution in [3.63, 3.8) is 0 Å². The van der Waals surface area contributed by atoms with Crippen LogP contribution in [0.15, 0.2) is 36.5 Å². The van der Waals surface area contributed by atoms with E-state index < -0.39 is 6.10 Å². The van der Waals surface area contributed by atoms with Gasteiger partial charge in [0.1, 0.15) is 13.2 Å². The van der Waals surface area contributed by atoms with Gasteiger partial charge in [-0.3, -0.25) is 14.4 Å². The number of hydrogen-bond donors (Lipinski definition) is 0. The lowest BCUT2D eigenvalue weighted by atomic mass is 10.0. The highest BCUT2D eigenvalue weighted by molar-refractivity contribution is 5.71. The predicted octanol–water partition coefficient (Wildman–Crippen LogP) is 19.3. The van der Waals surface area contributed by atoms with Crippen molar-refractivity contribution in [2.24, 2.45) is 0 Å². The number of carbonyl (C=O) groups excluding carboxylic acids is 3. The summed E-state index contributed by atoms with van der Waals surface area (Å²) in [6.07, 6.45) is 65.8. The van der Waals surface area contributed by atoms with Gasteiger partial charge in [-0.2, -0.15) is 0 Å². The fourth-order valence-electron chi connectivity index (χ4n) is 8.47. The van der Waals surface area contributed by atoms with Crippen LogP contribution in [0.2, 0.25) is 0 Å². The largest absolute Gasteiger partial charge is 0.462 e. The monoisotopic (exact) mass is 927 g/mol. The Kier molecular flexibility index (Phi) is 53.2. The van der Waals surface area contributed by atoms with Crippen LogP contribution in [0.1, 0.15) is 310 Å². The molecular formula is C60H110O6. The molecule has 1 unspecified atom stereocenters. The van der Waals surface area contributed by atoms with Crippen molar-refractivity contribution in [1.29, 1.82) is 0 Å². The summed E-state index contributed by atoms with van der Waals surface area (Å²) in [4.78, 5) is 38.0. The third-order valence-corrected chi connectivity index (χ3v) is 12.9. The lowest BCUT2D eigenvalue weighted by Gasteiger charge is -2.18. The summed E-state index contributed by atoms with van der Waals surface area (Å²) in [7, 11) is 0. The Labute approximate surface area is 410 Å². The number of carbonyl (C=O) groups is 3. The summed E-state index contributed by atoms with van der Waals surface area (Å²) in [5.41, 5.74) is 0. The molecule has 0 spiro atoms. The number of hydrogen-bond acceptors (Lipinski definition) is 6. The Morgan fingerprint density at radius 3 is 0.848 bits per heavy atom. The van der Waals surface area contributed by atoms with Gasteiger partial charge in [0.25, 0.3) is 0 Å². The SMILES string of the molecule is CCCCCCC/C=C\C/C=C\CCCCCCCCCCCCCCCC(=O)OCC(COC(=O)CCCCCCCCCCC)OC(=O)CCCCCCC/C=C\CCCCCCC. The molecule has 0 N–H and O–H groups in total. The lowest BCUT2D eigenvalue weighted by molar-refractivity contribution is -0.167. The second-order valence-corrected chi connectivity index (χ2v) is 19.6. The topological polar surface area (TPSA) is 78.9 Å². The van der Waals surface area contributed by atoms with Crippen molar-refractivity contribution in [2.45, 2.75) is 316 Å². The van der Waals surface area contributed by atoms with Gasteiger partial charge in [0.05, 0.1) is 0 Å². The predicted molar refractivity (Wildman–Crippen MR) is 284 cm³/mol. The van der Waals surface area contributed by atoms with Crippen LogP contribution in [0.5, 0.6) is 0 Å². The number of ether oxygens (including phenoxy) is 3. The Morgan fingerprint density at radius 1 is 0.303 bits per heavy atom. The molecule has 0 saturated heterocycles. The Balaban J connectivity index is 4.17. The molecule has 66 heavy (non-hydrogen) atoms. The van der Waals surface area contributed by atoms with Crippen LogP contribution in [0.4, 0.5) is 0 Å². The zero-order valence-electron chi connectivity index (χ0n) is 44.2. The van der Waals surface area contributed by atoms with Gasteiger partial charge < -0.3 is 14.2 Å². The van der Waals surface area contributed by atoms with E-state index in [1.807, 2.05) is 0 Å². The Bertz CT molecular complexity index is 1110. The molecular weight excluding hydrogens is 817 g/mol. The molecule has 0 aliphatic rings. The van der Waals surface area contributed by atoms with Crippen molar-refractivity contribution < 1.29 is 28.6 Å². The maximum atomic E-state index is 12.8. The van der Waals surface area contributed by atoms with E-state index in [1.165, 1.54) is 199 Å². The van der Waals surface area contributed by atoms with Gasteiger partial charge in [0, 0.05) is 19.3 Å². The Hall–Kier alpha value is -2.37. The van der Waals surface area contributed by atoms with E-state index in [0.29, 0.717) is 19.3 Å². The average molecular weight is 928 g/mol. The first kappa shape index (κ1) is 63.6. The van der Waals surface area contributed by atoms with E-state index in [1.54, 1.807) is 0 Å². The van der Waals surface area contributed by atoms with Crippen LogP contribution in [0.3, 0.4) is 0 Å². The van der Waals surface area contributed by atoms with Gasteiger partial charge in [-0.05, 0) is 77.0 Å². The fourth-order valence-corrected chi connectivity index (χ4v) is 8.47. The third-order valence-electron chi connectivity index (χ3n) is 12.9. The van der Waals surface area contributed by atoms with E-state index in [-0.39, 0.29) is 31.1 Å². The molecule has 0 saturated carbocycles. The van der Waals surface area contributed by atoms with E-state index in [0.717, 1.165) is 70.6 Å². The molecule has 0 aromatic rings. The zero-order chi connectivity index (χ0) is 47.9. The second kappa shape index (κ2) is 55.2. The van der Waals surface area contributed by atoms with Crippen LogP contribution < -0.4 is 0 Å². The minimum Gasteiger partial charge on any atom is -0.462 e. The summed E-state index contributed by atoms with van der Waals surface area (Å²) in [5.74, 6) is -0.870. The van der Waals surface area contributed by atoms with Crippen LogP contribution in [0, 0.1) is 0 Å². The molecule has 6 nitrogen and oxygen atoms in total. The van der Waals surface area contributed by atoms with Crippen LogP contribution >= 0.6 is 0 Å². The molecule has 0 aromatic heterocycles. The molecule has 0 bridgehead atoms. The van der Waals surface area contributed by atoms with Gasteiger partial charge in [-0.25, -0.2) is 0 Å². The van der Waals surface area contributed by atoms with Crippen LogP contribution in [0.25, 0.3) is 0 Å². The lowest BCUT2D eigenvalue weighted by Crippen LogP contribution is -2.30. The first-order valence-corrected chi connectivity index (χ1v) is 29.0. The van der Waals surface area contributed by atoms with Gasteiger partial charge in [0.15, 0.2) is 6.10 Å². The van der Waals surface area contributed by atoms with E-state index >= 15 is 0 Å². The summed E-state index contributed by atoms with van der Waals surface area (Å²) in [6, 6.07) is 0. The van der Waals surface area contributed by atoms with Gasteiger partial charge >= 0.3 is 17.9 Å². The number of rotatable bonds is 53. The summed E-state index contributed by atoms with van der Waals surface area (Å²) < 4.78 is 16.8. The first-order chi connectivity index (χ1) is 32.5. The highest BCUT2D eigenvalue weighted by atomic mass is 16.6. The van der Waals surface area contributed by atoms with Crippen molar-refractivity contribution in [3.05, 3.63) is 36.5 Å². The molecule has 0 amide bonds. The van der Waals surface area contributed by atoms with Crippen molar-refractivity contribution >= 4 is 17.9 Å². The summed E-state index contributed by atoms with van der Waals surface area (Å²) in [5, 5.41) is 0. The molecule has 386 valence electrons. The first-order valence-electron chi connectivity index (χ1n) is 29.0. The maximum Gasteiger partial charge on any atom is 0.306 e. The zero-order valence-corrected chi connectivity index (χ0v) is 44.2. The fraction of sp³-hybridized carbons (Fsp3) is 0.850. The minimum absolute atomic E-state index is 0.0722. The third kappa shape index (κ3) is 52.6. The molecule has 0 radical (unpaired) electrons. The summed E-state index contributed by atoms with van der Waals surface area (Å²) in [6.45, 7) is 6.62. The minimum atomic E-state index is -0.772. The Morgan fingerprint density at radius 2 is 0.545 bits per heavy atom. The van der Waals surface area contributed by atoms with E-state index in [4.69, 9.17) is 14.2 Å². The quantitative estimate of drug-likeness (QED) is 0.0262. The molecule has 0 heterocycles. The maximum absolute atomic E-state index is 12.8. The van der Waals surface area contributed by atoms with Gasteiger partial charge in [-0.1, -0.05) is 250 Å². The second-order valence-electron chi connectivity index (χ2n) is 19.6. The smallest absolute Gasteiger partial charge is 0.306 e. The molecule has 0 fully saturated rings. The highest BCUT2D eigenvalue weighted by Crippen LogP contribution is 2.16. The molecule has 6 heteroatoms. The number of esters is 3.